The fourth-order valence-electron chi connectivity index (χ4n) is 2.58. The number of hydrogen-bond acceptors (Lipinski definition) is 4. The number of nitrogens with two attached hydrogens (primary N) is 1. The first-order chi connectivity index (χ1) is 9.95. The number of nitro benzene ring substituents is 1. The molecular formula is C14H17N3O4. The molecule has 1 unspecified atom stereocenters. The normalized spacial score (nSPS) is 12.5. The summed E-state index contributed by atoms with van der Waals surface area (Å²) in [4.78, 5) is 24.7. The molecule has 0 radical (unpaired) electrons. The minimum absolute atomic E-state index is 0.00690. The van der Waals surface area contributed by atoms with Gasteiger partial charge < -0.3 is 15.8 Å². The van der Waals surface area contributed by atoms with Gasteiger partial charge in [-0.1, -0.05) is 6.07 Å². The summed E-state index contributed by atoms with van der Waals surface area (Å²) < 4.78 is 0. The summed E-state index contributed by atoms with van der Waals surface area (Å²) in [5.41, 5.74) is 7.52. The molecule has 7 heteroatoms. The third kappa shape index (κ3) is 2.87. The van der Waals surface area contributed by atoms with Crippen LogP contribution in [0.2, 0.25) is 0 Å². The highest BCUT2D eigenvalue weighted by Gasteiger charge is 2.22. The molecule has 0 aliphatic heterocycles. The van der Waals surface area contributed by atoms with E-state index in [9.17, 15) is 20.0 Å². The average molecular weight is 291 g/mol. The van der Waals surface area contributed by atoms with Crippen molar-refractivity contribution in [1.29, 1.82) is 0 Å². The summed E-state index contributed by atoms with van der Waals surface area (Å²) in [6.07, 6.45) is 2.32. The number of fused-ring (bicyclic) bond motifs is 1. The first-order valence-corrected chi connectivity index (χ1v) is 6.62. The van der Waals surface area contributed by atoms with Crippen molar-refractivity contribution in [3.63, 3.8) is 0 Å². The molecule has 2 aromatic rings. The number of non-ortho nitro benzene ring substituents is 1. The van der Waals surface area contributed by atoms with Gasteiger partial charge in [0.2, 0.25) is 0 Å². The van der Waals surface area contributed by atoms with Crippen molar-refractivity contribution in [3.8, 4) is 0 Å². The Morgan fingerprint density at radius 3 is 2.81 bits per heavy atom. The van der Waals surface area contributed by atoms with Gasteiger partial charge in [-0.2, -0.15) is 0 Å². The second kappa shape index (κ2) is 5.92. The van der Waals surface area contributed by atoms with Gasteiger partial charge in [-0.3, -0.25) is 14.9 Å². The van der Waals surface area contributed by atoms with Crippen LogP contribution in [0.3, 0.4) is 0 Å². The summed E-state index contributed by atoms with van der Waals surface area (Å²) in [7, 11) is 0. The zero-order valence-electron chi connectivity index (χ0n) is 11.6. The fraction of sp³-hybridized carbons (Fsp3) is 0.357. The summed E-state index contributed by atoms with van der Waals surface area (Å²) in [6.45, 7) is 2.14. The van der Waals surface area contributed by atoms with E-state index < -0.39 is 16.8 Å². The number of aromatic amines is 1. The van der Waals surface area contributed by atoms with Crippen LogP contribution < -0.4 is 5.73 Å². The van der Waals surface area contributed by atoms with E-state index in [-0.39, 0.29) is 5.69 Å². The quantitative estimate of drug-likeness (QED) is 0.554. The molecule has 0 aliphatic carbocycles. The Kier molecular flexibility index (Phi) is 4.23. The summed E-state index contributed by atoms with van der Waals surface area (Å²) in [5.74, 6) is -1.49. The van der Waals surface area contributed by atoms with E-state index in [1.54, 1.807) is 12.3 Å². The average Bonchev–Trinajstić information content (AvgIpc) is 2.83. The van der Waals surface area contributed by atoms with Gasteiger partial charge in [0.05, 0.1) is 10.8 Å². The largest absolute Gasteiger partial charge is 0.481 e. The number of H-pyrrole nitrogens is 1. The molecule has 1 aromatic heterocycles. The Morgan fingerprint density at radius 1 is 1.52 bits per heavy atom. The fourth-order valence-corrected chi connectivity index (χ4v) is 2.58. The highest BCUT2D eigenvalue weighted by Crippen LogP contribution is 2.31. The Bertz CT molecular complexity index is 693. The van der Waals surface area contributed by atoms with Crippen LogP contribution in [0.25, 0.3) is 10.9 Å². The molecule has 7 nitrogen and oxygen atoms in total. The smallest absolute Gasteiger partial charge is 0.306 e. The number of nitrogens with one attached hydrogen (secondary N) is 1. The molecule has 0 aliphatic rings. The Morgan fingerprint density at radius 2 is 2.24 bits per heavy atom. The summed E-state index contributed by atoms with van der Waals surface area (Å²) >= 11 is 0. The van der Waals surface area contributed by atoms with Gasteiger partial charge in [0, 0.05) is 17.6 Å². The lowest BCUT2D eigenvalue weighted by atomic mass is 9.94. The minimum atomic E-state index is -0.905. The number of carboxylic acids is 1. The minimum Gasteiger partial charge on any atom is -0.481 e. The summed E-state index contributed by atoms with van der Waals surface area (Å²) in [6, 6.07) is 3.13. The number of aromatic nitrogens is 1. The van der Waals surface area contributed by atoms with Crippen molar-refractivity contribution in [1.82, 2.24) is 4.98 Å². The molecule has 0 bridgehead atoms. The van der Waals surface area contributed by atoms with Crippen molar-refractivity contribution in [2.24, 2.45) is 11.7 Å². The van der Waals surface area contributed by atoms with Crippen molar-refractivity contribution >= 4 is 22.6 Å². The Labute approximate surface area is 120 Å². The van der Waals surface area contributed by atoms with E-state index in [0.717, 1.165) is 16.5 Å². The monoisotopic (exact) mass is 291 g/mol. The van der Waals surface area contributed by atoms with Crippen LogP contribution in [0.1, 0.15) is 17.5 Å². The molecule has 2 rings (SSSR count). The third-order valence-corrected chi connectivity index (χ3v) is 3.63. The molecule has 0 saturated carbocycles. The van der Waals surface area contributed by atoms with Crippen LogP contribution in [0, 0.1) is 23.0 Å². The lowest BCUT2D eigenvalue weighted by Crippen LogP contribution is -2.20. The standard InChI is InChI=1S/C14H17N3O4/c1-8-2-3-11(17(20)21)13-12(8)10(7-16-13)6-9(4-5-15)14(18)19/h2-3,7,9,16H,4-6,15H2,1H3,(H,18,19). The first-order valence-electron chi connectivity index (χ1n) is 6.62. The van der Waals surface area contributed by atoms with E-state index in [1.165, 1.54) is 6.07 Å². The summed E-state index contributed by atoms with van der Waals surface area (Å²) in [5, 5.41) is 21.0. The van der Waals surface area contributed by atoms with Crippen molar-refractivity contribution < 1.29 is 14.8 Å². The van der Waals surface area contributed by atoms with Crippen molar-refractivity contribution in [2.45, 2.75) is 19.8 Å². The number of rotatable bonds is 6. The number of nitrogens with zero attached hydrogens (tertiary/aromatic N) is 1. The van der Waals surface area contributed by atoms with E-state index in [0.29, 0.717) is 24.9 Å². The van der Waals surface area contributed by atoms with Gasteiger partial charge in [0.25, 0.3) is 5.69 Å². The number of nitro groups is 1. The predicted molar refractivity (Wildman–Crippen MR) is 78.2 cm³/mol. The molecule has 4 N–H and O–H groups in total. The molecule has 0 spiro atoms. The number of aliphatic carboxylic acids is 1. The van der Waals surface area contributed by atoms with Gasteiger partial charge in [0.15, 0.2) is 0 Å². The zero-order valence-corrected chi connectivity index (χ0v) is 11.6. The maximum atomic E-state index is 11.2. The highest BCUT2D eigenvalue weighted by atomic mass is 16.6. The molecule has 1 aromatic carbocycles. The molecule has 0 amide bonds. The van der Waals surface area contributed by atoms with Crippen molar-refractivity contribution in [2.75, 3.05) is 6.54 Å². The molecule has 1 atom stereocenters. The van der Waals surface area contributed by atoms with E-state index >= 15 is 0 Å². The second-order valence-electron chi connectivity index (χ2n) is 5.04. The highest BCUT2D eigenvalue weighted by molar-refractivity contribution is 5.93. The number of carbonyl (C=O) groups is 1. The van der Waals surface area contributed by atoms with Gasteiger partial charge in [-0.25, -0.2) is 0 Å². The van der Waals surface area contributed by atoms with Gasteiger partial charge in [-0.05, 0) is 37.4 Å². The van der Waals surface area contributed by atoms with E-state index in [2.05, 4.69) is 4.98 Å². The first kappa shape index (κ1) is 15.0. The topological polar surface area (TPSA) is 122 Å². The lowest BCUT2D eigenvalue weighted by Gasteiger charge is -2.10. The second-order valence-corrected chi connectivity index (χ2v) is 5.04. The molecule has 0 fully saturated rings. The van der Waals surface area contributed by atoms with Crippen LogP contribution in [-0.4, -0.2) is 27.5 Å². The number of benzene rings is 1. The zero-order chi connectivity index (χ0) is 15.6. The molecule has 112 valence electrons. The van der Waals surface area contributed by atoms with E-state index in [4.69, 9.17) is 5.73 Å². The Hall–Kier alpha value is -2.41. The Balaban J connectivity index is 2.48. The molecule has 1 heterocycles. The van der Waals surface area contributed by atoms with Gasteiger partial charge in [0.1, 0.15) is 5.52 Å². The van der Waals surface area contributed by atoms with Crippen LogP contribution in [0.5, 0.6) is 0 Å². The predicted octanol–water partition coefficient (Wildman–Crippen LogP) is 1.98. The number of aryl methyl sites for hydroxylation is 1. The van der Waals surface area contributed by atoms with Crippen molar-refractivity contribution in [3.05, 3.63) is 39.6 Å². The van der Waals surface area contributed by atoms with Crippen LogP contribution in [-0.2, 0) is 11.2 Å². The van der Waals surface area contributed by atoms with E-state index in [1.807, 2.05) is 6.92 Å². The number of carboxylic acid groups (broad SMARTS) is 1. The maximum absolute atomic E-state index is 11.2. The third-order valence-electron chi connectivity index (χ3n) is 3.63. The van der Waals surface area contributed by atoms with Crippen LogP contribution in [0.15, 0.2) is 18.3 Å². The van der Waals surface area contributed by atoms with Gasteiger partial charge >= 0.3 is 5.97 Å². The lowest BCUT2D eigenvalue weighted by molar-refractivity contribution is -0.383. The van der Waals surface area contributed by atoms with Crippen LogP contribution in [0.4, 0.5) is 5.69 Å². The molecule has 0 saturated heterocycles. The molecular weight excluding hydrogens is 274 g/mol. The molecule has 21 heavy (non-hydrogen) atoms. The SMILES string of the molecule is Cc1ccc([N+](=O)[O-])c2[nH]cc(CC(CCN)C(=O)O)c12. The maximum Gasteiger partial charge on any atom is 0.306 e. The van der Waals surface area contributed by atoms with Gasteiger partial charge in [-0.15, -0.1) is 0 Å². The van der Waals surface area contributed by atoms with Crippen LogP contribution >= 0.6 is 0 Å². The number of hydrogen-bond donors (Lipinski definition) is 3.